The Bertz CT molecular complexity index is 756. The van der Waals surface area contributed by atoms with E-state index in [1.54, 1.807) is 44.3 Å². The molecule has 0 aliphatic heterocycles. The number of carbonyl (C=O) groups excluding carboxylic acids is 1. The maximum Gasteiger partial charge on any atom is 0.375 e. The molecule has 0 aliphatic rings. The van der Waals surface area contributed by atoms with E-state index in [2.05, 4.69) is 22.6 Å². The zero-order valence-corrected chi connectivity index (χ0v) is 16.9. The molecule has 148 valence electrons. The molecule has 8 nitrogen and oxygen atoms in total. The monoisotopic (exact) mass is 394 g/mol. The third-order valence-corrected chi connectivity index (χ3v) is 6.06. The van der Waals surface area contributed by atoms with Crippen LogP contribution in [0.5, 0.6) is 0 Å². The van der Waals surface area contributed by atoms with Crippen molar-refractivity contribution in [3.8, 4) is 0 Å². The first-order chi connectivity index (χ1) is 13.1. The minimum atomic E-state index is -3.72. The van der Waals surface area contributed by atoms with Gasteiger partial charge >= 0.3 is 7.60 Å². The van der Waals surface area contributed by atoms with E-state index in [-0.39, 0.29) is 13.2 Å². The number of aryl methyl sites for hydroxylation is 1. The molecule has 1 amide bonds. The lowest BCUT2D eigenvalue weighted by Gasteiger charge is -2.27. The molecule has 0 aliphatic carbocycles. The molecule has 1 aromatic heterocycles. The molecule has 2 aromatic rings. The zero-order chi connectivity index (χ0) is 19.7. The molecule has 9 heteroatoms. The first-order valence-corrected chi connectivity index (χ1v) is 10.8. The van der Waals surface area contributed by atoms with Gasteiger partial charge in [-0.1, -0.05) is 36.8 Å². The average Bonchev–Trinajstić information content (AvgIpc) is 3.13. The minimum absolute atomic E-state index is 0.175. The van der Waals surface area contributed by atoms with Crippen molar-refractivity contribution in [3.63, 3.8) is 0 Å². The van der Waals surface area contributed by atoms with Crippen LogP contribution in [-0.2, 0) is 20.0 Å². The smallest absolute Gasteiger partial charge is 0.320 e. The number of amides is 1. The second kappa shape index (κ2) is 10.3. The van der Waals surface area contributed by atoms with Crippen LogP contribution in [0.15, 0.2) is 36.5 Å². The number of aromatic nitrogens is 3. The maximum atomic E-state index is 13.5. The van der Waals surface area contributed by atoms with Crippen LogP contribution >= 0.6 is 7.60 Å². The van der Waals surface area contributed by atoms with Gasteiger partial charge in [0.2, 0.25) is 5.91 Å². The van der Waals surface area contributed by atoms with E-state index in [1.807, 2.05) is 6.07 Å². The summed E-state index contributed by atoms with van der Waals surface area (Å²) in [6, 6.07) is 8.70. The number of benzene rings is 1. The fraction of sp³-hybridized carbons (Fsp3) is 0.500. The maximum absolute atomic E-state index is 13.5. The van der Waals surface area contributed by atoms with Gasteiger partial charge in [-0.05, 0) is 38.8 Å². The Hall–Kier alpha value is -2.02. The molecular formula is C18H27N4O4P. The van der Waals surface area contributed by atoms with Gasteiger partial charge in [0, 0.05) is 5.56 Å². The Labute approximate surface area is 159 Å². The van der Waals surface area contributed by atoms with E-state index in [1.165, 1.54) is 4.68 Å². The summed E-state index contributed by atoms with van der Waals surface area (Å²) in [5, 5.41) is 10.8. The quantitative estimate of drug-likeness (QED) is 0.583. The molecule has 1 atom stereocenters. The summed E-state index contributed by atoms with van der Waals surface area (Å²) in [5.41, 5.74) is 1.20. The second-order valence-electron chi connectivity index (χ2n) is 5.86. The molecule has 0 saturated heterocycles. The Kier molecular flexibility index (Phi) is 8.16. The number of rotatable bonds is 11. The van der Waals surface area contributed by atoms with E-state index < -0.39 is 19.4 Å². The van der Waals surface area contributed by atoms with E-state index in [0.717, 1.165) is 18.5 Å². The van der Waals surface area contributed by atoms with Gasteiger partial charge in [-0.25, -0.2) is 4.68 Å². The summed E-state index contributed by atoms with van der Waals surface area (Å²) < 4.78 is 25.9. The van der Waals surface area contributed by atoms with Gasteiger partial charge in [-0.15, -0.1) is 5.10 Å². The molecule has 0 spiro atoms. The van der Waals surface area contributed by atoms with Crippen molar-refractivity contribution in [2.45, 2.75) is 45.9 Å². The number of nitrogens with zero attached hydrogens (tertiary/aromatic N) is 3. The van der Waals surface area contributed by atoms with Gasteiger partial charge in [0.15, 0.2) is 0 Å². The summed E-state index contributed by atoms with van der Waals surface area (Å²) in [6.07, 6.45) is 4.21. The Balaban J connectivity index is 2.40. The van der Waals surface area contributed by atoms with E-state index in [0.29, 0.717) is 12.0 Å². The summed E-state index contributed by atoms with van der Waals surface area (Å²) in [7, 11) is -3.72. The Morgan fingerprint density at radius 1 is 1.19 bits per heavy atom. The highest BCUT2D eigenvalue weighted by Gasteiger charge is 2.40. The third kappa shape index (κ3) is 5.48. The van der Waals surface area contributed by atoms with Gasteiger partial charge in [-0.3, -0.25) is 9.36 Å². The fourth-order valence-corrected chi connectivity index (χ4v) is 4.42. The van der Waals surface area contributed by atoms with E-state index >= 15 is 0 Å². The topological polar surface area (TPSA) is 95.3 Å². The van der Waals surface area contributed by atoms with Crippen molar-refractivity contribution in [1.29, 1.82) is 0 Å². The number of hydrogen-bond acceptors (Lipinski definition) is 6. The standard InChI is InChI=1S/C18H27N4O4P/c1-4-7-13-16-14-19-21-22(16)18(27(24,25-5-2)26-6-3)20-17(23)15-11-9-8-10-12-15/h8-12,14,18H,4-7,13H2,1-3H3,(H,20,23). The number of nitrogens with one attached hydrogen (secondary N) is 1. The molecule has 0 radical (unpaired) electrons. The zero-order valence-electron chi connectivity index (χ0n) is 16.0. The molecule has 2 rings (SSSR count). The number of unbranched alkanes of at least 4 members (excludes halogenated alkanes) is 1. The van der Waals surface area contributed by atoms with Crippen LogP contribution in [0.25, 0.3) is 0 Å². The molecular weight excluding hydrogens is 367 g/mol. The average molecular weight is 394 g/mol. The molecule has 1 N–H and O–H groups in total. The van der Waals surface area contributed by atoms with Crippen molar-refractivity contribution in [2.24, 2.45) is 0 Å². The first-order valence-electron chi connectivity index (χ1n) is 9.19. The third-order valence-electron chi connectivity index (χ3n) is 3.88. The van der Waals surface area contributed by atoms with Crippen LogP contribution in [0.1, 0.15) is 55.6 Å². The molecule has 1 heterocycles. The van der Waals surface area contributed by atoms with Gasteiger partial charge in [0.25, 0.3) is 5.91 Å². The Morgan fingerprint density at radius 3 is 2.44 bits per heavy atom. The predicted molar refractivity (Wildman–Crippen MR) is 102 cm³/mol. The molecule has 0 fully saturated rings. The highest BCUT2D eigenvalue weighted by Crippen LogP contribution is 2.57. The lowest BCUT2D eigenvalue weighted by molar-refractivity contribution is 0.0916. The summed E-state index contributed by atoms with van der Waals surface area (Å²) >= 11 is 0. The number of carbonyl (C=O) groups is 1. The van der Waals surface area contributed by atoms with Crippen LogP contribution < -0.4 is 5.32 Å². The SMILES string of the molecule is CCCCc1cnnn1C(NC(=O)c1ccccc1)P(=O)(OCC)OCC. The lowest BCUT2D eigenvalue weighted by atomic mass is 10.2. The van der Waals surface area contributed by atoms with Crippen molar-refractivity contribution >= 4 is 13.5 Å². The number of hydrogen-bond donors (Lipinski definition) is 1. The van der Waals surface area contributed by atoms with Gasteiger partial charge in [0.1, 0.15) is 0 Å². The van der Waals surface area contributed by atoms with Crippen molar-refractivity contribution < 1.29 is 18.4 Å². The predicted octanol–water partition coefficient (Wildman–Crippen LogP) is 3.77. The summed E-state index contributed by atoms with van der Waals surface area (Å²) in [5.74, 6) is -1.49. The molecule has 1 aromatic carbocycles. The van der Waals surface area contributed by atoms with Crippen LogP contribution in [0, 0.1) is 0 Å². The first kappa shape index (κ1) is 21.3. The van der Waals surface area contributed by atoms with Crippen LogP contribution in [0.4, 0.5) is 0 Å². The highest BCUT2D eigenvalue weighted by molar-refractivity contribution is 7.53. The summed E-state index contributed by atoms with van der Waals surface area (Å²) in [6.45, 7) is 5.87. The molecule has 27 heavy (non-hydrogen) atoms. The minimum Gasteiger partial charge on any atom is -0.320 e. The molecule has 0 saturated carbocycles. The van der Waals surface area contributed by atoms with Crippen molar-refractivity contribution in [1.82, 2.24) is 20.3 Å². The van der Waals surface area contributed by atoms with Gasteiger partial charge in [-0.2, -0.15) is 0 Å². The molecule has 0 bridgehead atoms. The fourth-order valence-electron chi connectivity index (χ4n) is 2.61. The van der Waals surface area contributed by atoms with Crippen molar-refractivity contribution in [2.75, 3.05) is 13.2 Å². The lowest BCUT2D eigenvalue weighted by Crippen LogP contribution is -2.35. The Morgan fingerprint density at radius 2 is 1.85 bits per heavy atom. The van der Waals surface area contributed by atoms with E-state index in [4.69, 9.17) is 9.05 Å². The highest BCUT2D eigenvalue weighted by atomic mass is 31.2. The second-order valence-corrected chi connectivity index (χ2v) is 7.95. The van der Waals surface area contributed by atoms with E-state index in [9.17, 15) is 9.36 Å². The van der Waals surface area contributed by atoms with Crippen LogP contribution in [-0.4, -0.2) is 34.1 Å². The largest absolute Gasteiger partial charge is 0.375 e. The van der Waals surface area contributed by atoms with Crippen LogP contribution in [0.3, 0.4) is 0 Å². The van der Waals surface area contributed by atoms with Crippen molar-refractivity contribution in [3.05, 3.63) is 47.8 Å². The van der Waals surface area contributed by atoms with Crippen LogP contribution in [0.2, 0.25) is 0 Å². The van der Waals surface area contributed by atoms with Gasteiger partial charge in [0.05, 0.1) is 25.1 Å². The van der Waals surface area contributed by atoms with Gasteiger partial charge < -0.3 is 14.4 Å². The molecule has 1 unspecified atom stereocenters. The summed E-state index contributed by atoms with van der Waals surface area (Å²) in [4.78, 5) is 12.7. The normalized spacial score (nSPS) is 12.7.